The number of rotatable bonds is 5. The molecule has 1 aromatic carbocycles. The summed E-state index contributed by atoms with van der Waals surface area (Å²) in [6.45, 7) is 2.98. The van der Waals surface area contributed by atoms with Gasteiger partial charge in [0.2, 0.25) is 0 Å². The first-order valence-electron chi connectivity index (χ1n) is 6.50. The summed E-state index contributed by atoms with van der Waals surface area (Å²) in [5.74, 6) is 0. The smallest absolute Gasteiger partial charge is 0.0613 e. The molecule has 20 heavy (non-hydrogen) atoms. The minimum atomic E-state index is -0.0696. The Labute approximate surface area is 129 Å². The third kappa shape index (κ3) is 3.63. The number of nitrogen functional groups attached to an aromatic ring is 1. The first-order chi connectivity index (χ1) is 9.61. The van der Waals surface area contributed by atoms with Crippen LogP contribution in [0, 0.1) is 0 Å². The van der Waals surface area contributed by atoms with Crippen LogP contribution in [-0.4, -0.2) is 11.5 Å². The van der Waals surface area contributed by atoms with Crippen molar-refractivity contribution in [1.82, 2.24) is 10.3 Å². The van der Waals surface area contributed by atoms with Gasteiger partial charge in [-0.05, 0) is 42.8 Å². The van der Waals surface area contributed by atoms with Crippen molar-refractivity contribution >= 4 is 28.9 Å². The highest BCUT2D eigenvalue weighted by Crippen LogP contribution is 2.30. The van der Waals surface area contributed by atoms with Crippen molar-refractivity contribution in [2.75, 3.05) is 12.3 Å². The number of aromatic nitrogens is 1. The number of benzene rings is 1. The van der Waals surface area contributed by atoms with Gasteiger partial charge in [0.25, 0.3) is 0 Å². The van der Waals surface area contributed by atoms with Crippen LogP contribution in [0.2, 0.25) is 10.0 Å². The molecule has 0 saturated carbocycles. The van der Waals surface area contributed by atoms with Gasteiger partial charge in [0, 0.05) is 33.7 Å². The quantitative estimate of drug-likeness (QED) is 0.875. The molecule has 0 fully saturated rings. The second kappa shape index (κ2) is 6.93. The molecular weight excluding hydrogens is 293 g/mol. The van der Waals surface area contributed by atoms with E-state index in [0.717, 1.165) is 24.1 Å². The molecule has 2 aromatic rings. The summed E-state index contributed by atoms with van der Waals surface area (Å²) in [6, 6.07) is 7.23. The molecule has 5 heteroatoms. The number of hydrogen-bond donors (Lipinski definition) is 2. The predicted molar refractivity (Wildman–Crippen MR) is 85.2 cm³/mol. The van der Waals surface area contributed by atoms with Crippen molar-refractivity contribution in [2.45, 2.75) is 19.4 Å². The lowest BCUT2D eigenvalue weighted by atomic mass is 9.98. The Hall–Kier alpha value is -1.29. The molecule has 0 radical (unpaired) electrons. The molecule has 106 valence electrons. The molecule has 2 rings (SSSR count). The zero-order valence-corrected chi connectivity index (χ0v) is 12.7. The minimum absolute atomic E-state index is 0.0696. The van der Waals surface area contributed by atoms with Crippen LogP contribution in [0.4, 0.5) is 5.69 Å². The molecule has 0 amide bonds. The maximum atomic E-state index is 6.10. The van der Waals surface area contributed by atoms with E-state index in [0.29, 0.717) is 15.7 Å². The summed E-state index contributed by atoms with van der Waals surface area (Å²) < 4.78 is 0. The zero-order chi connectivity index (χ0) is 14.5. The molecule has 0 saturated heterocycles. The van der Waals surface area contributed by atoms with E-state index in [-0.39, 0.29) is 6.04 Å². The van der Waals surface area contributed by atoms with E-state index in [4.69, 9.17) is 28.9 Å². The second-order valence-electron chi connectivity index (χ2n) is 4.59. The van der Waals surface area contributed by atoms with Crippen molar-refractivity contribution in [1.29, 1.82) is 0 Å². The van der Waals surface area contributed by atoms with Gasteiger partial charge in [-0.15, -0.1) is 0 Å². The number of nitrogens with zero attached hydrogens (tertiary/aromatic N) is 1. The molecule has 0 aliphatic heterocycles. The number of hydrogen-bond acceptors (Lipinski definition) is 3. The fourth-order valence-corrected chi connectivity index (χ4v) is 2.64. The Bertz CT molecular complexity index is 567. The molecule has 0 aliphatic rings. The van der Waals surface area contributed by atoms with Crippen LogP contribution in [-0.2, 0) is 0 Å². The summed E-state index contributed by atoms with van der Waals surface area (Å²) in [7, 11) is 0. The highest BCUT2D eigenvalue weighted by Gasteiger charge is 2.17. The van der Waals surface area contributed by atoms with E-state index in [9.17, 15) is 0 Å². The Morgan fingerprint density at radius 1 is 1.25 bits per heavy atom. The maximum absolute atomic E-state index is 6.10. The van der Waals surface area contributed by atoms with E-state index in [1.165, 1.54) is 0 Å². The number of halogens is 2. The summed E-state index contributed by atoms with van der Waals surface area (Å²) in [5.41, 5.74) is 8.67. The molecular formula is C15H17Cl2N3. The number of nitrogens with two attached hydrogens (primary N) is 1. The number of nitrogens with one attached hydrogen (secondary N) is 1. The Morgan fingerprint density at radius 3 is 2.55 bits per heavy atom. The van der Waals surface area contributed by atoms with E-state index >= 15 is 0 Å². The second-order valence-corrected chi connectivity index (χ2v) is 5.47. The largest absolute Gasteiger partial charge is 0.398 e. The number of pyridine rings is 1. The Kier molecular flexibility index (Phi) is 5.24. The molecule has 3 nitrogen and oxygen atoms in total. The molecule has 1 atom stereocenters. The Morgan fingerprint density at radius 2 is 1.95 bits per heavy atom. The molecule has 1 unspecified atom stereocenters. The lowest BCUT2D eigenvalue weighted by Crippen LogP contribution is -2.24. The van der Waals surface area contributed by atoms with Gasteiger partial charge in [-0.2, -0.15) is 0 Å². The minimum Gasteiger partial charge on any atom is -0.398 e. The fourth-order valence-electron chi connectivity index (χ4n) is 2.10. The van der Waals surface area contributed by atoms with Crippen LogP contribution < -0.4 is 11.1 Å². The molecule has 0 aliphatic carbocycles. The SMILES string of the molecule is CCCNC(c1cc(Cl)cc(Cl)c1)c1cnccc1N. The molecule has 1 heterocycles. The van der Waals surface area contributed by atoms with Crippen LogP contribution in [0.3, 0.4) is 0 Å². The normalized spacial score (nSPS) is 12.3. The van der Waals surface area contributed by atoms with Crippen molar-refractivity contribution in [3.05, 3.63) is 57.8 Å². The summed E-state index contributed by atoms with van der Waals surface area (Å²) in [4.78, 5) is 4.16. The van der Waals surface area contributed by atoms with Crippen molar-refractivity contribution < 1.29 is 0 Å². The van der Waals surface area contributed by atoms with Crippen LogP contribution in [0.25, 0.3) is 0 Å². The zero-order valence-electron chi connectivity index (χ0n) is 11.2. The predicted octanol–water partition coefficient (Wildman–Crippen LogP) is 4.06. The van der Waals surface area contributed by atoms with Gasteiger partial charge >= 0.3 is 0 Å². The molecule has 3 N–H and O–H groups in total. The molecule has 1 aromatic heterocycles. The van der Waals surface area contributed by atoms with Gasteiger partial charge in [0.05, 0.1) is 6.04 Å². The highest BCUT2D eigenvalue weighted by molar-refractivity contribution is 6.34. The van der Waals surface area contributed by atoms with Crippen LogP contribution in [0.5, 0.6) is 0 Å². The van der Waals surface area contributed by atoms with Gasteiger partial charge in [0.1, 0.15) is 0 Å². The topological polar surface area (TPSA) is 50.9 Å². The third-order valence-electron chi connectivity index (χ3n) is 3.01. The van der Waals surface area contributed by atoms with Crippen LogP contribution >= 0.6 is 23.2 Å². The molecule has 0 spiro atoms. The van der Waals surface area contributed by atoms with Crippen LogP contribution in [0.1, 0.15) is 30.5 Å². The van der Waals surface area contributed by atoms with E-state index in [2.05, 4.69) is 17.2 Å². The Balaban J connectivity index is 2.44. The van der Waals surface area contributed by atoms with Gasteiger partial charge < -0.3 is 11.1 Å². The van der Waals surface area contributed by atoms with Gasteiger partial charge in [-0.1, -0.05) is 30.1 Å². The maximum Gasteiger partial charge on any atom is 0.0613 e. The lowest BCUT2D eigenvalue weighted by molar-refractivity contribution is 0.598. The highest BCUT2D eigenvalue weighted by atomic mass is 35.5. The number of anilines is 1. The van der Waals surface area contributed by atoms with Gasteiger partial charge in [-0.25, -0.2) is 0 Å². The fraction of sp³-hybridized carbons (Fsp3) is 0.267. The lowest BCUT2D eigenvalue weighted by Gasteiger charge is -2.21. The summed E-state index contributed by atoms with van der Waals surface area (Å²) in [5, 5.41) is 4.68. The third-order valence-corrected chi connectivity index (χ3v) is 3.45. The summed E-state index contributed by atoms with van der Waals surface area (Å²) in [6.07, 6.45) is 4.48. The van der Waals surface area contributed by atoms with Crippen molar-refractivity contribution in [2.24, 2.45) is 0 Å². The first-order valence-corrected chi connectivity index (χ1v) is 7.26. The van der Waals surface area contributed by atoms with E-state index in [1.54, 1.807) is 24.5 Å². The monoisotopic (exact) mass is 309 g/mol. The van der Waals surface area contributed by atoms with Crippen molar-refractivity contribution in [3.8, 4) is 0 Å². The average molecular weight is 310 g/mol. The summed E-state index contributed by atoms with van der Waals surface area (Å²) >= 11 is 12.2. The standard InChI is InChI=1S/C15H17Cl2N3/c1-2-4-20-15(13-9-19-5-3-14(13)18)10-6-11(16)8-12(17)7-10/h3,5-9,15,20H,2,4H2,1H3,(H2,18,19). The van der Waals surface area contributed by atoms with Gasteiger partial charge in [0.15, 0.2) is 0 Å². The van der Waals surface area contributed by atoms with Crippen LogP contribution in [0.15, 0.2) is 36.7 Å². The first kappa shape index (κ1) is 15.1. The molecule has 0 bridgehead atoms. The van der Waals surface area contributed by atoms with Crippen molar-refractivity contribution in [3.63, 3.8) is 0 Å². The average Bonchev–Trinajstić information content (AvgIpc) is 2.40. The van der Waals surface area contributed by atoms with E-state index < -0.39 is 0 Å². The van der Waals surface area contributed by atoms with E-state index in [1.807, 2.05) is 12.1 Å². The van der Waals surface area contributed by atoms with Gasteiger partial charge in [-0.3, -0.25) is 4.98 Å².